The second-order valence-electron chi connectivity index (χ2n) is 6.42. The number of nitrogens with zero attached hydrogens (tertiary/aromatic N) is 1. The summed E-state index contributed by atoms with van der Waals surface area (Å²) in [7, 11) is 0. The molecular formula is C17H21NO2. The highest BCUT2D eigenvalue weighted by Crippen LogP contribution is 2.44. The minimum atomic E-state index is 0.166. The van der Waals surface area contributed by atoms with Gasteiger partial charge < -0.3 is 9.64 Å². The Morgan fingerprint density at radius 1 is 1.25 bits per heavy atom. The first-order chi connectivity index (χ1) is 9.77. The smallest absolute Gasteiger partial charge is 0.166 e. The summed E-state index contributed by atoms with van der Waals surface area (Å²) in [6, 6.07) is 8.64. The molecule has 1 aromatic carbocycles. The van der Waals surface area contributed by atoms with Crippen molar-refractivity contribution in [1.29, 1.82) is 0 Å². The zero-order valence-corrected chi connectivity index (χ0v) is 11.8. The van der Waals surface area contributed by atoms with Crippen LogP contribution in [0.15, 0.2) is 24.3 Å². The third kappa shape index (κ3) is 1.87. The van der Waals surface area contributed by atoms with Crippen molar-refractivity contribution in [2.45, 2.75) is 50.2 Å². The van der Waals surface area contributed by atoms with E-state index in [0.717, 1.165) is 37.2 Å². The normalized spacial score (nSPS) is 28.1. The second-order valence-corrected chi connectivity index (χ2v) is 6.42. The number of para-hydroxylation sites is 1. The van der Waals surface area contributed by atoms with Gasteiger partial charge >= 0.3 is 0 Å². The van der Waals surface area contributed by atoms with Crippen LogP contribution in [-0.4, -0.2) is 30.6 Å². The number of carbonyl (C=O) groups is 1. The van der Waals surface area contributed by atoms with Crippen LogP contribution in [0.5, 0.6) is 0 Å². The van der Waals surface area contributed by atoms with Crippen molar-refractivity contribution < 1.29 is 9.53 Å². The number of fused-ring (bicyclic) bond motifs is 1. The fourth-order valence-electron chi connectivity index (χ4n) is 4.00. The summed E-state index contributed by atoms with van der Waals surface area (Å²) in [6.07, 6.45) is 6.62. The first-order valence-corrected chi connectivity index (χ1v) is 7.80. The molecule has 106 valence electrons. The maximum Gasteiger partial charge on any atom is 0.166 e. The average Bonchev–Trinajstić information content (AvgIpc) is 2.46. The number of hydrogen-bond acceptors (Lipinski definition) is 3. The van der Waals surface area contributed by atoms with Crippen molar-refractivity contribution in [3.8, 4) is 0 Å². The second kappa shape index (κ2) is 4.59. The van der Waals surface area contributed by atoms with Gasteiger partial charge in [-0.25, -0.2) is 0 Å². The molecule has 20 heavy (non-hydrogen) atoms. The predicted octanol–water partition coefficient (Wildman–Crippen LogP) is 3.18. The van der Waals surface area contributed by atoms with Crippen LogP contribution in [0.2, 0.25) is 0 Å². The molecular weight excluding hydrogens is 250 g/mol. The molecule has 1 aromatic rings. The van der Waals surface area contributed by atoms with E-state index < -0.39 is 0 Å². The number of Topliss-reactive ketones (excluding diaryl/α,β-unsaturated/α-hetero) is 1. The van der Waals surface area contributed by atoms with Crippen LogP contribution in [0.3, 0.4) is 0 Å². The first-order valence-electron chi connectivity index (χ1n) is 7.80. The standard InChI is InChI=1S/C17H21NO2/c19-16-6-10-18(15-5-2-1-4-14(15)16)13-7-11-20-17(12-13)8-3-9-17/h1-2,4-5,13H,3,6-12H2. The van der Waals surface area contributed by atoms with Gasteiger partial charge in [0, 0.05) is 36.9 Å². The predicted molar refractivity (Wildman–Crippen MR) is 78.3 cm³/mol. The van der Waals surface area contributed by atoms with Crippen LogP contribution in [-0.2, 0) is 4.74 Å². The van der Waals surface area contributed by atoms with Gasteiger partial charge in [0.1, 0.15) is 0 Å². The van der Waals surface area contributed by atoms with Crippen LogP contribution in [0, 0.1) is 0 Å². The number of ketones is 1. The molecule has 3 nitrogen and oxygen atoms in total. The lowest BCUT2D eigenvalue weighted by Crippen LogP contribution is -2.53. The monoisotopic (exact) mass is 271 g/mol. The molecule has 2 fully saturated rings. The van der Waals surface area contributed by atoms with Gasteiger partial charge in [0.15, 0.2) is 5.78 Å². The van der Waals surface area contributed by atoms with Gasteiger partial charge in [-0.2, -0.15) is 0 Å². The van der Waals surface area contributed by atoms with Crippen LogP contribution in [0.25, 0.3) is 0 Å². The largest absolute Gasteiger partial charge is 0.375 e. The molecule has 0 radical (unpaired) electrons. The van der Waals surface area contributed by atoms with E-state index in [1.54, 1.807) is 0 Å². The van der Waals surface area contributed by atoms with E-state index in [0.29, 0.717) is 18.2 Å². The van der Waals surface area contributed by atoms with Gasteiger partial charge in [0.25, 0.3) is 0 Å². The van der Waals surface area contributed by atoms with Crippen LogP contribution >= 0.6 is 0 Å². The van der Waals surface area contributed by atoms with Crippen molar-refractivity contribution in [2.75, 3.05) is 18.1 Å². The minimum absolute atomic E-state index is 0.166. The van der Waals surface area contributed by atoms with E-state index in [-0.39, 0.29) is 5.60 Å². The molecule has 4 rings (SSSR count). The molecule has 3 aliphatic rings. The maximum absolute atomic E-state index is 12.1. The van der Waals surface area contributed by atoms with E-state index in [2.05, 4.69) is 11.0 Å². The number of rotatable bonds is 1. The first kappa shape index (κ1) is 12.4. The van der Waals surface area contributed by atoms with E-state index in [1.807, 2.05) is 18.2 Å². The number of anilines is 1. The Balaban J connectivity index is 1.62. The van der Waals surface area contributed by atoms with E-state index in [9.17, 15) is 4.79 Å². The van der Waals surface area contributed by atoms with E-state index in [4.69, 9.17) is 4.74 Å². The summed E-state index contributed by atoms with van der Waals surface area (Å²) in [6.45, 7) is 1.74. The zero-order chi connectivity index (χ0) is 13.6. The Morgan fingerprint density at radius 3 is 2.90 bits per heavy atom. The van der Waals surface area contributed by atoms with Gasteiger partial charge in [-0.3, -0.25) is 4.79 Å². The molecule has 0 aromatic heterocycles. The highest BCUT2D eigenvalue weighted by atomic mass is 16.5. The molecule has 0 N–H and O–H groups in total. The summed E-state index contributed by atoms with van der Waals surface area (Å²) >= 11 is 0. The van der Waals surface area contributed by atoms with Gasteiger partial charge in [-0.15, -0.1) is 0 Å². The quantitative estimate of drug-likeness (QED) is 0.785. The molecule has 2 heterocycles. The summed E-state index contributed by atoms with van der Waals surface area (Å²) in [5.74, 6) is 0.294. The topological polar surface area (TPSA) is 29.5 Å². The van der Waals surface area contributed by atoms with Crippen molar-refractivity contribution in [2.24, 2.45) is 0 Å². The van der Waals surface area contributed by atoms with Gasteiger partial charge in [-0.1, -0.05) is 12.1 Å². The molecule has 1 aliphatic carbocycles. The van der Waals surface area contributed by atoms with Gasteiger partial charge in [0.05, 0.1) is 5.60 Å². The fourth-order valence-corrected chi connectivity index (χ4v) is 4.00. The fraction of sp³-hybridized carbons (Fsp3) is 0.588. The molecule has 0 amide bonds. The Morgan fingerprint density at radius 2 is 2.10 bits per heavy atom. The number of ether oxygens (including phenoxy) is 1. The molecule has 0 bridgehead atoms. The molecule has 1 atom stereocenters. The summed E-state index contributed by atoms with van der Waals surface area (Å²) < 4.78 is 6.04. The molecule has 1 saturated heterocycles. The van der Waals surface area contributed by atoms with Crippen molar-refractivity contribution in [3.05, 3.63) is 29.8 Å². The van der Waals surface area contributed by atoms with Crippen molar-refractivity contribution in [1.82, 2.24) is 0 Å². The molecule has 3 heteroatoms. The Hall–Kier alpha value is -1.35. The van der Waals surface area contributed by atoms with Gasteiger partial charge in [-0.05, 0) is 44.2 Å². The van der Waals surface area contributed by atoms with Crippen LogP contribution in [0.1, 0.15) is 48.9 Å². The number of benzene rings is 1. The number of hydrogen-bond donors (Lipinski definition) is 0. The van der Waals surface area contributed by atoms with Crippen molar-refractivity contribution in [3.63, 3.8) is 0 Å². The third-order valence-electron chi connectivity index (χ3n) is 5.27. The Labute approximate surface area is 119 Å². The molecule has 2 aliphatic heterocycles. The highest BCUT2D eigenvalue weighted by molar-refractivity contribution is 6.03. The molecule has 1 unspecified atom stereocenters. The highest BCUT2D eigenvalue weighted by Gasteiger charge is 2.44. The summed E-state index contributed by atoms with van der Waals surface area (Å²) in [4.78, 5) is 14.5. The molecule has 1 spiro atoms. The van der Waals surface area contributed by atoms with E-state index >= 15 is 0 Å². The minimum Gasteiger partial charge on any atom is -0.375 e. The average molecular weight is 271 g/mol. The zero-order valence-electron chi connectivity index (χ0n) is 11.8. The van der Waals surface area contributed by atoms with Crippen LogP contribution < -0.4 is 4.90 Å². The SMILES string of the molecule is O=C1CCN(C2CCOC3(CCC3)C2)c2ccccc21. The van der Waals surface area contributed by atoms with Gasteiger partial charge in [0.2, 0.25) is 0 Å². The maximum atomic E-state index is 12.1. The summed E-state index contributed by atoms with van der Waals surface area (Å²) in [5.41, 5.74) is 2.22. The lowest BCUT2D eigenvalue weighted by molar-refractivity contribution is -0.132. The third-order valence-corrected chi connectivity index (χ3v) is 5.27. The van der Waals surface area contributed by atoms with Crippen molar-refractivity contribution >= 4 is 11.5 Å². The lowest BCUT2D eigenvalue weighted by atomic mass is 9.73. The Bertz CT molecular complexity index is 536. The van der Waals surface area contributed by atoms with E-state index in [1.165, 1.54) is 19.3 Å². The van der Waals surface area contributed by atoms with Crippen LogP contribution in [0.4, 0.5) is 5.69 Å². The number of carbonyl (C=O) groups excluding carboxylic acids is 1. The Kier molecular flexibility index (Phi) is 2.84. The lowest BCUT2D eigenvalue weighted by Gasteiger charge is -2.50. The molecule has 1 saturated carbocycles. The summed E-state index contributed by atoms with van der Waals surface area (Å²) in [5, 5.41) is 0.